The van der Waals surface area contributed by atoms with E-state index in [4.69, 9.17) is 0 Å². The first-order valence-electron chi connectivity index (χ1n) is 9.28. The molecule has 0 unspecified atom stereocenters. The molecule has 2 aromatic heterocycles. The number of nitrogens with zero attached hydrogens (tertiary/aromatic N) is 2. The van der Waals surface area contributed by atoms with E-state index in [0.717, 1.165) is 59.5 Å². The number of para-hydroxylation sites is 2. The van der Waals surface area contributed by atoms with Gasteiger partial charge in [0.2, 0.25) is 0 Å². The monoisotopic (exact) mass is 357 g/mol. The number of nitrogens with one attached hydrogen (secondary N) is 3. The van der Waals surface area contributed by atoms with Gasteiger partial charge in [0.25, 0.3) is 0 Å². The molecule has 0 aliphatic rings. The van der Waals surface area contributed by atoms with Crippen LogP contribution < -0.4 is 16.0 Å². The molecular formula is C22H23N5. The maximum absolute atomic E-state index is 4.62. The van der Waals surface area contributed by atoms with Gasteiger partial charge in [-0.3, -0.25) is 4.98 Å². The molecule has 0 saturated carbocycles. The van der Waals surface area contributed by atoms with E-state index >= 15 is 0 Å². The largest absolute Gasteiger partial charge is 0.382 e. The van der Waals surface area contributed by atoms with Crippen LogP contribution in [0.3, 0.4) is 0 Å². The van der Waals surface area contributed by atoms with Crippen LogP contribution in [0.2, 0.25) is 0 Å². The average Bonchev–Trinajstić information content (AvgIpc) is 2.73. The van der Waals surface area contributed by atoms with Gasteiger partial charge in [-0.1, -0.05) is 36.4 Å². The van der Waals surface area contributed by atoms with Crippen LogP contribution in [0.5, 0.6) is 0 Å². The lowest BCUT2D eigenvalue weighted by Crippen LogP contribution is -2.27. The van der Waals surface area contributed by atoms with Crippen LogP contribution >= 0.6 is 0 Å². The summed E-state index contributed by atoms with van der Waals surface area (Å²) in [6.07, 6.45) is 1.83. The van der Waals surface area contributed by atoms with Gasteiger partial charge < -0.3 is 16.0 Å². The summed E-state index contributed by atoms with van der Waals surface area (Å²) in [6.45, 7) is 3.45. The van der Waals surface area contributed by atoms with Crippen LogP contribution in [0.15, 0.2) is 72.9 Å². The van der Waals surface area contributed by atoms with Crippen molar-refractivity contribution in [3.05, 3.63) is 72.9 Å². The van der Waals surface area contributed by atoms with Gasteiger partial charge in [-0.25, -0.2) is 4.98 Å². The molecule has 0 fully saturated rings. The Morgan fingerprint density at radius 3 is 2.44 bits per heavy atom. The van der Waals surface area contributed by atoms with Crippen LogP contribution in [-0.4, -0.2) is 36.1 Å². The Morgan fingerprint density at radius 1 is 0.667 bits per heavy atom. The Labute approximate surface area is 158 Å². The van der Waals surface area contributed by atoms with Crippen molar-refractivity contribution in [3.8, 4) is 0 Å². The quantitative estimate of drug-likeness (QED) is 0.418. The zero-order valence-electron chi connectivity index (χ0n) is 15.2. The molecule has 5 nitrogen and oxygen atoms in total. The Morgan fingerprint density at radius 2 is 1.48 bits per heavy atom. The predicted octanol–water partition coefficient (Wildman–Crippen LogP) is 3.90. The summed E-state index contributed by atoms with van der Waals surface area (Å²) in [7, 11) is 0. The second kappa shape index (κ2) is 8.47. The number of benzene rings is 2. The van der Waals surface area contributed by atoms with Gasteiger partial charge in [0.1, 0.15) is 5.82 Å². The normalized spacial score (nSPS) is 11.0. The SMILES string of the molecule is c1ccc2nc(NCCNCCNc3cccc4cccnc34)ccc2c1. The number of pyridine rings is 2. The van der Waals surface area contributed by atoms with Crippen LogP contribution in [0.4, 0.5) is 11.5 Å². The van der Waals surface area contributed by atoms with E-state index in [9.17, 15) is 0 Å². The lowest BCUT2D eigenvalue weighted by atomic mass is 10.2. The van der Waals surface area contributed by atoms with Crippen molar-refractivity contribution in [2.45, 2.75) is 0 Å². The van der Waals surface area contributed by atoms with Crippen LogP contribution in [0.1, 0.15) is 0 Å². The van der Waals surface area contributed by atoms with E-state index in [0.29, 0.717) is 0 Å². The van der Waals surface area contributed by atoms with Crippen molar-refractivity contribution in [1.82, 2.24) is 15.3 Å². The summed E-state index contributed by atoms with van der Waals surface area (Å²) in [6, 6.07) is 22.5. The molecule has 0 aliphatic carbocycles. The zero-order valence-corrected chi connectivity index (χ0v) is 15.2. The second-order valence-corrected chi connectivity index (χ2v) is 6.37. The fourth-order valence-corrected chi connectivity index (χ4v) is 3.10. The summed E-state index contributed by atoms with van der Waals surface area (Å²) in [5.41, 5.74) is 3.11. The molecule has 0 amide bonds. The molecule has 2 heterocycles. The average molecular weight is 357 g/mol. The summed E-state index contributed by atoms with van der Waals surface area (Å²) < 4.78 is 0. The number of aromatic nitrogens is 2. The van der Waals surface area contributed by atoms with E-state index in [-0.39, 0.29) is 0 Å². The highest BCUT2D eigenvalue weighted by Gasteiger charge is 2.00. The maximum Gasteiger partial charge on any atom is 0.126 e. The van der Waals surface area contributed by atoms with Gasteiger partial charge in [-0.05, 0) is 30.3 Å². The van der Waals surface area contributed by atoms with Gasteiger partial charge in [0.05, 0.1) is 16.7 Å². The van der Waals surface area contributed by atoms with Gasteiger partial charge in [0.15, 0.2) is 0 Å². The smallest absolute Gasteiger partial charge is 0.126 e. The van der Waals surface area contributed by atoms with Crippen molar-refractivity contribution in [1.29, 1.82) is 0 Å². The molecular weight excluding hydrogens is 334 g/mol. The molecule has 2 aromatic carbocycles. The fraction of sp³-hybridized carbons (Fsp3) is 0.182. The van der Waals surface area contributed by atoms with Crippen molar-refractivity contribution in [3.63, 3.8) is 0 Å². The highest BCUT2D eigenvalue weighted by atomic mass is 15.0. The lowest BCUT2D eigenvalue weighted by Gasteiger charge is -2.10. The molecule has 0 spiro atoms. The van der Waals surface area contributed by atoms with Crippen molar-refractivity contribution < 1.29 is 0 Å². The first-order valence-corrected chi connectivity index (χ1v) is 9.28. The highest BCUT2D eigenvalue weighted by molar-refractivity contribution is 5.90. The van der Waals surface area contributed by atoms with Crippen molar-refractivity contribution in [2.75, 3.05) is 36.8 Å². The van der Waals surface area contributed by atoms with E-state index in [2.05, 4.69) is 62.3 Å². The third kappa shape index (κ3) is 4.33. The first-order chi connectivity index (χ1) is 13.4. The molecule has 4 rings (SSSR count). The number of hydrogen-bond donors (Lipinski definition) is 3. The second-order valence-electron chi connectivity index (χ2n) is 6.37. The zero-order chi connectivity index (χ0) is 18.3. The maximum atomic E-state index is 4.62. The van der Waals surface area contributed by atoms with Gasteiger partial charge >= 0.3 is 0 Å². The lowest BCUT2D eigenvalue weighted by molar-refractivity contribution is 0.718. The summed E-state index contributed by atoms with van der Waals surface area (Å²) in [5, 5.41) is 12.6. The van der Waals surface area contributed by atoms with Gasteiger partial charge in [0, 0.05) is 43.1 Å². The Kier molecular flexibility index (Phi) is 5.41. The van der Waals surface area contributed by atoms with Crippen LogP contribution in [0, 0.1) is 0 Å². The number of fused-ring (bicyclic) bond motifs is 2. The summed E-state index contributed by atoms with van der Waals surface area (Å²) in [4.78, 5) is 9.08. The Bertz CT molecular complexity index is 1030. The molecule has 0 atom stereocenters. The third-order valence-corrected chi connectivity index (χ3v) is 4.46. The minimum atomic E-state index is 0.834. The van der Waals surface area contributed by atoms with Crippen LogP contribution in [0.25, 0.3) is 21.8 Å². The standard InChI is InChI=1S/C22H23N5/c1-2-8-19-17(5-1)10-11-21(27-19)25-16-14-23-13-15-24-20-9-3-6-18-7-4-12-26-22(18)20/h1-12,23-24H,13-16H2,(H,25,27). The number of rotatable bonds is 8. The molecule has 0 bridgehead atoms. The molecule has 4 aromatic rings. The fourth-order valence-electron chi connectivity index (χ4n) is 3.10. The first kappa shape index (κ1) is 17.2. The molecule has 0 radical (unpaired) electrons. The number of anilines is 2. The van der Waals surface area contributed by atoms with E-state index in [1.165, 1.54) is 0 Å². The minimum absolute atomic E-state index is 0.834. The van der Waals surface area contributed by atoms with Crippen molar-refractivity contribution >= 4 is 33.3 Å². The molecule has 0 saturated heterocycles. The van der Waals surface area contributed by atoms with Crippen molar-refractivity contribution in [2.24, 2.45) is 0 Å². The topological polar surface area (TPSA) is 61.9 Å². The summed E-state index contributed by atoms with van der Waals surface area (Å²) in [5.74, 6) is 0.912. The van der Waals surface area contributed by atoms with E-state index in [1.807, 2.05) is 36.5 Å². The van der Waals surface area contributed by atoms with Gasteiger partial charge in [-0.2, -0.15) is 0 Å². The number of hydrogen-bond acceptors (Lipinski definition) is 5. The minimum Gasteiger partial charge on any atom is -0.382 e. The Hall–Kier alpha value is -3.18. The van der Waals surface area contributed by atoms with Crippen LogP contribution in [-0.2, 0) is 0 Å². The van der Waals surface area contributed by atoms with E-state index < -0.39 is 0 Å². The highest BCUT2D eigenvalue weighted by Crippen LogP contribution is 2.20. The van der Waals surface area contributed by atoms with E-state index in [1.54, 1.807) is 0 Å². The molecule has 3 N–H and O–H groups in total. The predicted molar refractivity (Wildman–Crippen MR) is 113 cm³/mol. The Balaban J connectivity index is 1.19. The molecule has 136 valence electrons. The molecule has 0 aliphatic heterocycles. The molecule has 5 heteroatoms. The molecule has 27 heavy (non-hydrogen) atoms. The summed E-state index contributed by atoms with van der Waals surface area (Å²) >= 11 is 0. The third-order valence-electron chi connectivity index (χ3n) is 4.46. The van der Waals surface area contributed by atoms with Gasteiger partial charge in [-0.15, -0.1) is 0 Å².